The van der Waals surface area contributed by atoms with E-state index in [2.05, 4.69) is 4.98 Å². The van der Waals surface area contributed by atoms with Crippen molar-refractivity contribution in [3.63, 3.8) is 0 Å². The monoisotopic (exact) mass is 406 g/mol. The van der Waals surface area contributed by atoms with Crippen molar-refractivity contribution in [3.05, 3.63) is 27.3 Å². The lowest BCUT2D eigenvalue weighted by molar-refractivity contribution is -0.140. The molecule has 1 aromatic carbocycles. The van der Waals surface area contributed by atoms with Crippen LogP contribution in [-0.4, -0.2) is 21.6 Å². The zero-order valence-electron chi connectivity index (χ0n) is 9.44. The molecule has 0 amide bonds. The SMILES string of the molecule is Fc1cc2c(cc1I)nc(CCCl)n2CC(F)(F)F. The van der Waals surface area contributed by atoms with E-state index < -0.39 is 18.5 Å². The molecule has 0 saturated heterocycles. The predicted molar refractivity (Wildman–Crippen MR) is 72.9 cm³/mol. The minimum Gasteiger partial charge on any atom is -0.319 e. The third kappa shape index (κ3) is 3.31. The Morgan fingerprint density at radius 2 is 2.00 bits per heavy atom. The van der Waals surface area contributed by atoms with Gasteiger partial charge in [-0.05, 0) is 28.7 Å². The average Bonchev–Trinajstić information content (AvgIpc) is 2.57. The summed E-state index contributed by atoms with van der Waals surface area (Å²) in [5, 5.41) is 0. The summed E-state index contributed by atoms with van der Waals surface area (Å²) in [7, 11) is 0. The van der Waals surface area contributed by atoms with Crippen LogP contribution in [0.15, 0.2) is 12.1 Å². The Kier molecular flexibility index (Phi) is 4.24. The van der Waals surface area contributed by atoms with Gasteiger partial charge < -0.3 is 4.57 Å². The van der Waals surface area contributed by atoms with Gasteiger partial charge in [0.2, 0.25) is 0 Å². The zero-order valence-corrected chi connectivity index (χ0v) is 12.4. The first-order chi connectivity index (χ1) is 8.81. The van der Waals surface area contributed by atoms with E-state index in [1.165, 1.54) is 6.07 Å². The molecule has 0 unspecified atom stereocenters. The molecule has 0 bridgehead atoms. The fourth-order valence-corrected chi connectivity index (χ4v) is 2.42. The van der Waals surface area contributed by atoms with Crippen LogP contribution in [0.5, 0.6) is 0 Å². The van der Waals surface area contributed by atoms with E-state index in [0.717, 1.165) is 10.6 Å². The van der Waals surface area contributed by atoms with Crippen LogP contribution in [0.1, 0.15) is 5.82 Å². The van der Waals surface area contributed by atoms with E-state index in [4.69, 9.17) is 11.6 Å². The van der Waals surface area contributed by atoms with Crippen LogP contribution in [0.25, 0.3) is 11.0 Å². The Balaban J connectivity index is 2.62. The van der Waals surface area contributed by atoms with Gasteiger partial charge in [0.25, 0.3) is 0 Å². The van der Waals surface area contributed by atoms with Crippen LogP contribution in [-0.2, 0) is 13.0 Å². The van der Waals surface area contributed by atoms with Gasteiger partial charge >= 0.3 is 6.18 Å². The number of aryl methyl sites for hydroxylation is 1. The van der Waals surface area contributed by atoms with Crippen molar-refractivity contribution in [1.29, 1.82) is 0 Å². The van der Waals surface area contributed by atoms with Crippen LogP contribution in [0.4, 0.5) is 17.6 Å². The third-order valence-electron chi connectivity index (χ3n) is 2.52. The second kappa shape index (κ2) is 5.43. The maximum atomic E-state index is 13.5. The topological polar surface area (TPSA) is 17.8 Å². The highest BCUT2D eigenvalue weighted by atomic mass is 127. The van der Waals surface area contributed by atoms with Gasteiger partial charge in [-0.15, -0.1) is 11.6 Å². The van der Waals surface area contributed by atoms with Gasteiger partial charge in [-0.2, -0.15) is 13.2 Å². The Morgan fingerprint density at radius 1 is 1.32 bits per heavy atom. The minimum absolute atomic E-state index is 0.135. The molecule has 104 valence electrons. The zero-order chi connectivity index (χ0) is 14.2. The molecular formula is C11H8ClF4IN2. The highest BCUT2D eigenvalue weighted by Crippen LogP contribution is 2.26. The summed E-state index contributed by atoms with van der Waals surface area (Å²) in [4.78, 5) is 4.10. The number of aromatic nitrogens is 2. The minimum atomic E-state index is -4.39. The first kappa shape index (κ1) is 14.8. The molecule has 0 saturated carbocycles. The predicted octanol–water partition coefficient (Wildman–Crippen LogP) is 4.12. The molecule has 1 heterocycles. The van der Waals surface area contributed by atoms with Crippen LogP contribution in [0.3, 0.4) is 0 Å². The smallest absolute Gasteiger partial charge is 0.319 e. The fourth-order valence-electron chi connectivity index (χ4n) is 1.80. The number of hydrogen-bond acceptors (Lipinski definition) is 1. The van der Waals surface area contributed by atoms with Gasteiger partial charge in [0.15, 0.2) is 0 Å². The second-order valence-electron chi connectivity index (χ2n) is 3.92. The fraction of sp³-hybridized carbons (Fsp3) is 0.364. The number of fused-ring (bicyclic) bond motifs is 1. The quantitative estimate of drug-likeness (QED) is 0.426. The highest BCUT2D eigenvalue weighted by Gasteiger charge is 2.30. The number of halogens is 6. The first-order valence-corrected chi connectivity index (χ1v) is 6.90. The van der Waals surface area contributed by atoms with Gasteiger partial charge in [0.1, 0.15) is 18.2 Å². The summed E-state index contributed by atoms with van der Waals surface area (Å²) in [5.41, 5.74) is 0.477. The number of rotatable bonds is 3. The van der Waals surface area contributed by atoms with Gasteiger partial charge in [0, 0.05) is 18.4 Å². The first-order valence-electron chi connectivity index (χ1n) is 5.28. The second-order valence-corrected chi connectivity index (χ2v) is 5.46. The summed E-state index contributed by atoms with van der Waals surface area (Å²) in [5.74, 6) is -0.196. The summed E-state index contributed by atoms with van der Waals surface area (Å²) >= 11 is 7.33. The van der Waals surface area contributed by atoms with E-state index in [9.17, 15) is 17.6 Å². The van der Waals surface area contributed by atoms with Crippen molar-refractivity contribution in [3.8, 4) is 0 Å². The Bertz CT molecular complexity index is 609. The third-order valence-corrected chi connectivity index (χ3v) is 3.54. The number of benzene rings is 1. The number of hydrogen-bond donors (Lipinski definition) is 0. The molecule has 0 radical (unpaired) electrons. The van der Waals surface area contributed by atoms with Crippen molar-refractivity contribution in [2.24, 2.45) is 0 Å². The van der Waals surface area contributed by atoms with Crippen LogP contribution in [0, 0.1) is 9.39 Å². The Labute approximate surface area is 124 Å². The number of nitrogens with zero attached hydrogens (tertiary/aromatic N) is 2. The van der Waals surface area contributed by atoms with E-state index in [0.29, 0.717) is 9.09 Å². The Hall–Kier alpha value is -0.570. The largest absolute Gasteiger partial charge is 0.406 e. The van der Waals surface area contributed by atoms with E-state index in [1.54, 1.807) is 22.6 Å². The molecule has 8 heteroatoms. The molecule has 1 aromatic heterocycles. The maximum absolute atomic E-state index is 13.5. The van der Waals surface area contributed by atoms with Crippen LogP contribution in [0.2, 0.25) is 0 Å². The van der Waals surface area contributed by atoms with Crippen molar-refractivity contribution < 1.29 is 17.6 Å². The average molecular weight is 407 g/mol. The summed E-state index contributed by atoms with van der Waals surface area (Å²) in [6.07, 6.45) is -4.20. The molecule has 2 nitrogen and oxygen atoms in total. The van der Waals surface area contributed by atoms with Crippen molar-refractivity contribution in [2.75, 3.05) is 5.88 Å². The Morgan fingerprint density at radius 3 is 2.58 bits per heavy atom. The van der Waals surface area contributed by atoms with E-state index in [-0.39, 0.29) is 23.6 Å². The standard InChI is InChI=1S/C11H8ClF4IN2/c12-2-1-10-18-8-4-7(17)6(13)3-9(8)19(10)5-11(14,15)16/h3-4H,1-2,5H2. The lowest BCUT2D eigenvalue weighted by Gasteiger charge is -2.11. The highest BCUT2D eigenvalue weighted by molar-refractivity contribution is 14.1. The van der Waals surface area contributed by atoms with Crippen molar-refractivity contribution >= 4 is 45.2 Å². The molecule has 19 heavy (non-hydrogen) atoms. The number of alkyl halides is 4. The van der Waals surface area contributed by atoms with Gasteiger partial charge in [-0.3, -0.25) is 0 Å². The van der Waals surface area contributed by atoms with Crippen LogP contribution < -0.4 is 0 Å². The maximum Gasteiger partial charge on any atom is 0.406 e. The van der Waals surface area contributed by atoms with E-state index >= 15 is 0 Å². The summed E-state index contributed by atoms with van der Waals surface area (Å²) in [6, 6.07) is 2.50. The van der Waals surface area contributed by atoms with Gasteiger partial charge in [0.05, 0.1) is 14.6 Å². The van der Waals surface area contributed by atoms with Crippen LogP contribution >= 0.6 is 34.2 Å². The molecule has 0 fully saturated rings. The normalized spacial score (nSPS) is 12.3. The lowest BCUT2D eigenvalue weighted by Crippen LogP contribution is -2.19. The molecule has 2 aromatic rings. The molecule has 0 aliphatic carbocycles. The molecule has 0 N–H and O–H groups in total. The molecule has 2 rings (SSSR count). The molecular weight excluding hydrogens is 398 g/mol. The van der Waals surface area contributed by atoms with E-state index in [1.807, 2.05) is 0 Å². The molecule has 0 aliphatic heterocycles. The van der Waals surface area contributed by atoms with Gasteiger partial charge in [-0.1, -0.05) is 0 Å². The van der Waals surface area contributed by atoms with Crippen molar-refractivity contribution in [1.82, 2.24) is 9.55 Å². The van der Waals surface area contributed by atoms with Crippen molar-refractivity contribution in [2.45, 2.75) is 19.1 Å². The van der Waals surface area contributed by atoms with Gasteiger partial charge in [-0.25, -0.2) is 9.37 Å². The number of imidazole rings is 1. The molecule has 0 spiro atoms. The molecule has 0 atom stereocenters. The molecule has 0 aliphatic rings. The lowest BCUT2D eigenvalue weighted by atomic mass is 10.3. The summed E-state index contributed by atoms with van der Waals surface area (Å²) in [6.45, 7) is -1.20. The summed E-state index contributed by atoms with van der Waals surface area (Å²) < 4.78 is 52.5.